The Morgan fingerprint density at radius 2 is 2.21 bits per heavy atom. The van der Waals surface area contributed by atoms with E-state index in [0.717, 1.165) is 19.4 Å². The number of imidazole rings is 1. The van der Waals surface area contributed by atoms with Crippen molar-refractivity contribution < 1.29 is 14.5 Å². The summed E-state index contributed by atoms with van der Waals surface area (Å²) < 4.78 is 3.95. The van der Waals surface area contributed by atoms with Gasteiger partial charge in [0.15, 0.2) is 6.54 Å². The third kappa shape index (κ3) is 5.42. The van der Waals surface area contributed by atoms with Crippen molar-refractivity contribution in [3.05, 3.63) is 18.7 Å². The van der Waals surface area contributed by atoms with Crippen molar-refractivity contribution in [2.24, 2.45) is 5.92 Å². The lowest BCUT2D eigenvalue weighted by molar-refractivity contribution is -0.684. The van der Waals surface area contributed by atoms with E-state index in [1.165, 1.54) is 0 Å². The van der Waals surface area contributed by atoms with Gasteiger partial charge in [0, 0.05) is 0 Å². The fourth-order valence-electron chi connectivity index (χ4n) is 1.85. The number of carbonyl (C=O) groups is 1. The zero-order valence-corrected chi connectivity index (χ0v) is 12.2. The van der Waals surface area contributed by atoms with Gasteiger partial charge in [-0.3, -0.25) is 4.79 Å². The molecule has 5 heteroatoms. The first kappa shape index (κ1) is 15.7. The molecule has 0 radical (unpaired) electrons. The molecule has 0 aliphatic carbocycles. The molecule has 1 amide bonds. The zero-order valence-electron chi connectivity index (χ0n) is 12.2. The van der Waals surface area contributed by atoms with Gasteiger partial charge in [0.2, 0.25) is 6.33 Å². The molecule has 2 N–H and O–H groups in total. The van der Waals surface area contributed by atoms with E-state index in [1.54, 1.807) is 0 Å². The normalized spacial score (nSPS) is 12.7. The van der Waals surface area contributed by atoms with Gasteiger partial charge in [-0.25, -0.2) is 9.13 Å². The Bertz CT molecular complexity index is 388. The fourth-order valence-corrected chi connectivity index (χ4v) is 1.85. The molecule has 19 heavy (non-hydrogen) atoms. The van der Waals surface area contributed by atoms with Gasteiger partial charge in [0.1, 0.15) is 12.4 Å². The highest BCUT2D eigenvalue weighted by Gasteiger charge is 2.16. The van der Waals surface area contributed by atoms with Gasteiger partial charge in [-0.15, -0.1) is 0 Å². The van der Waals surface area contributed by atoms with Crippen LogP contribution in [0.2, 0.25) is 0 Å². The monoisotopic (exact) mass is 268 g/mol. The molecule has 0 bridgehead atoms. The summed E-state index contributed by atoms with van der Waals surface area (Å²) in [5.41, 5.74) is 0. The average molecular weight is 268 g/mol. The molecular weight excluding hydrogens is 242 g/mol. The smallest absolute Gasteiger partial charge is 0.262 e. The summed E-state index contributed by atoms with van der Waals surface area (Å²) in [6.07, 6.45) is 8.12. The van der Waals surface area contributed by atoms with Gasteiger partial charge in [0.05, 0.1) is 19.2 Å². The Morgan fingerprint density at radius 3 is 2.79 bits per heavy atom. The predicted molar refractivity (Wildman–Crippen MR) is 73.4 cm³/mol. The molecular formula is C14H26N3O2+. The maximum absolute atomic E-state index is 11.9. The Hall–Kier alpha value is -1.36. The maximum atomic E-state index is 11.9. The molecule has 0 aliphatic heterocycles. The van der Waals surface area contributed by atoms with E-state index in [1.807, 2.05) is 37.1 Å². The molecule has 0 aliphatic rings. The van der Waals surface area contributed by atoms with Crippen LogP contribution in [0.4, 0.5) is 0 Å². The number of aliphatic hydroxyl groups excluding tert-OH is 1. The van der Waals surface area contributed by atoms with Crippen molar-refractivity contribution in [2.75, 3.05) is 6.61 Å². The van der Waals surface area contributed by atoms with Crippen LogP contribution in [0, 0.1) is 5.92 Å². The van der Waals surface area contributed by atoms with Crippen molar-refractivity contribution >= 4 is 5.91 Å². The number of aryl methyl sites for hydroxylation is 1. The second-order valence-corrected chi connectivity index (χ2v) is 5.28. The molecule has 5 nitrogen and oxygen atoms in total. The second kappa shape index (κ2) is 7.94. The number of unbranched alkanes of at least 4 members (excludes halogenated alkanes) is 1. The molecule has 0 aromatic carbocycles. The Morgan fingerprint density at radius 1 is 1.47 bits per heavy atom. The molecule has 0 fully saturated rings. The first-order chi connectivity index (χ1) is 9.06. The topological polar surface area (TPSA) is 58.1 Å². The average Bonchev–Trinajstić information content (AvgIpc) is 2.80. The molecule has 0 unspecified atom stereocenters. The highest BCUT2D eigenvalue weighted by molar-refractivity contribution is 5.74. The number of rotatable bonds is 8. The van der Waals surface area contributed by atoms with E-state index in [-0.39, 0.29) is 24.5 Å². The van der Waals surface area contributed by atoms with E-state index < -0.39 is 0 Å². The third-order valence-electron chi connectivity index (χ3n) is 3.19. The van der Waals surface area contributed by atoms with Crippen LogP contribution in [0.5, 0.6) is 0 Å². The summed E-state index contributed by atoms with van der Waals surface area (Å²) in [5, 5.41) is 12.0. The van der Waals surface area contributed by atoms with E-state index in [9.17, 15) is 9.90 Å². The summed E-state index contributed by atoms with van der Waals surface area (Å²) in [5.74, 6) is 0.166. The Labute approximate surface area is 115 Å². The zero-order chi connectivity index (χ0) is 14.3. The molecule has 0 spiro atoms. The largest absolute Gasteiger partial charge is 0.394 e. The second-order valence-electron chi connectivity index (χ2n) is 5.28. The van der Waals surface area contributed by atoms with E-state index >= 15 is 0 Å². The number of carbonyl (C=O) groups excluding carboxylic acids is 1. The summed E-state index contributed by atoms with van der Waals surface area (Å²) in [6.45, 7) is 7.38. The van der Waals surface area contributed by atoms with Crippen LogP contribution in [-0.2, 0) is 17.9 Å². The lowest BCUT2D eigenvalue weighted by Crippen LogP contribution is -2.47. The number of hydrogen-bond acceptors (Lipinski definition) is 2. The Kier molecular flexibility index (Phi) is 6.56. The molecule has 1 aromatic rings. The number of nitrogens with zero attached hydrogens (tertiary/aromatic N) is 2. The Balaban J connectivity index is 2.45. The molecule has 0 saturated carbocycles. The highest BCUT2D eigenvalue weighted by atomic mass is 16.3. The van der Waals surface area contributed by atoms with Crippen LogP contribution in [0.25, 0.3) is 0 Å². The van der Waals surface area contributed by atoms with Crippen molar-refractivity contribution in [1.29, 1.82) is 0 Å². The van der Waals surface area contributed by atoms with E-state index in [4.69, 9.17) is 0 Å². The number of hydrogen-bond donors (Lipinski definition) is 2. The molecule has 1 aromatic heterocycles. The lowest BCUT2D eigenvalue weighted by atomic mass is 10.1. The predicted octanol–water partition coefficient (Wildman–Crippen LogP) is 0.709. The number of nitrogens with one attached hydrogen (secondary N) is 1. The summed E-state index contributed by atoms with van der Waals surface area (Å²) in [6, 6.07) is -0.171. The number of aliphatic hydroxyl groups is 1. The number of amides is 1. The minimum atomic E-state index is -0.171. The van der Waals surface area contributed by atoms with Crippen molar-refractivity contribution in [2.45, 2.75) is 52.7 Å². The van der Waals surface area contributed by atoms with Gasteiger partial charge >= 0.3 is 0 Å². The summed E-state index contributed by atoms with van der Waals surface area (Å²) >= 11 is 0. The van der Waals surface area contributed by atoms with Gasteiger partial charge < -0.3 is 10.4 Å². The van der Waals surface area contributed by atoms with Gasteiger partial charge in [0.25, 0.3) is 5.91 Å². The molecule has 0 saturated heterocycles. The van der Waals surface area contributed by atoms with Crippen LogP contribution in [0.3, 0.4) is 0 Å². The third-order valence-corrected chi connectivity index (χ3v) is 3.19. The maximum Gasteiger partial charge on any atom is 0.262 e. The van der Waals surface area contributed by atoms with Gasteiger partial charge in [-0.05, 0) is 12.3 Å². The standard InChI is InChI=1S/C14H25N3O2/c1-4-5-6-16-7-8-17(11-16)9-14(19)15-13(10-18)12(2)3/h7-8,11-13,18H,4-6,9-10H2,1-3H3/p+1/t13-/m1/s1. The quantitative estimate of drug-likeness (QED) is 0.682. The van der Waals surface area contributed by atoms with Crippen LogP contribution in [-0.4, -0.2) is 28.2 Å². The van der Waals surface area contributed by atoms with Crippen molar-refractivity contribution in [3.63, 3.8) is 0 Å². The first-order valence-electron chi connectivity index (χ1n) is 7.01. The van der Waals surface area contributed by atoms with Crippen molar-refractivity contribution in [1.82, 2.24) is 9.88 Å². The van der Waals surface area contributed by atoms with Crippen LogP contribution < -0.4 is 9.88 Å². The summed E-state index contributed by atoms with van der Waals surface area (Å²) in [4.78, 5) is 11.9. The molecule has 1 atom stereocenters. The minimum Gasteiger partial charge on any atom is -0.394 e. The van der Waals surface area contributed by atoms with Gasteiger partial charge in [-0.1, -0.05) is 27.2 Å². The van der Waals surface area contributed by atoms with Gasteiger partial charge in [-0.2, -0.15) is 0 Å². The van der Waals surface area contributed by atoms with E-state index in [2.05, 4.69) is 16.8 Å². The molecule has 1 heterocycles. The van der Waals surface area contributed by atoms with Crippen LogP contribution in [0.15, 0.2) is 18.7 Å². The van der Waals surface area contributed by atoms with Crippen LogP contribution in [0.1, 0.15) is 33.6 Å². The highest BCUT2D eigenvalue weighted by Crippen LogP contribution is 2.00. The van der Waals surface area contributed by atoms with Crippen LogP contribution >= 0.6 is 0 Å². The van der Waals surface area contributed by atoms with E-state index in [0.29, 0.717) is 6.54 Å². The number of aromatic nitrogens is 2. The first-order valence-corrected chi connectivity index (χ1v) is 7.01. The summed E-state index contributed by atoms with van der Waals surface area (Å²) in [7, 11) is 0. The molecule has 108 valence electrons. The van der Waals surface area contributed by atoms with Crippen molar-refractivity contribution in [3.8, 4) is 0 Å². The fraction of sp³-hybridized carbons (Fsp3) is 0.714. The lowest BCUT2D eigenvalue weighted by Gasteiger charge is -2.19. The molecule has 1 rings (SSSR count). The SMILES string of the molecule is CCCCn1cc[n+](CC(=O)N[C@H](CO)C(C)C)c1. The minimum absolute atomic E-state index is 0.0222.